The van der Waals surface area contributed by atoms with E-state index >= 15 is 0 Å². The fourth-order valence-electron chi connectivity index (χ4n) is 14.0. The molecule has 8 aromatic carbocycles. The van der Waals surface area contributed by atoms with E-state index in [2.05, 4.69) is 123 Å². The Morgan fingerprint density at radius 1 is 0.586 bits per heavy atom. The fraction of sp³-hybridized carbons (Fsp3) is 0.236. The Kier molecular flexibility index (Phi) is 25.5. The van der Waals surface area contributed by atoms with Crippen LogP contribution in [-0.4, -0.2) is 110 Å². The SMILES string of the molecule is C=Cc1ccc(C[n+]2c(/C=C3/C(=O)C(/C=C4/N(CC)c5cc(OCc6ccccc6)ccc5N4CCO)=C3SCC(=O)OCC)n(CC)c3cc(OC)ccc32)cc1.CCN1/C(=C/C2=C(SCC(=O)Oc3ccccc3)C(=C\c3oc4cc(Br)ccc4[n+]3CCOCCO)/C2=O)N(Cc2ccccc2)c2ccc(C)cc21. The highest BCUT2D eigenvalue weighted by Gasteiger charge is 2.41. The van der Waals surface area contributed by atoms with Gasteiger partial charge in [0.2, 0.25) is 5.58 Å². The number of fused-ring (bicyclic) bond motifs is 4. The normalized spacial score (nSPS) is 15.3. The van der Waals surface area contributed by atoms with Gasteiger partial charge in [-0.15, -0.1) is 23.5 Å². The summed E-state index contributed by atoms with van der Waals surface area (Å²) in [7, 11) is 1.66. The van der Waals surface area contributed by atoms with Crippen molar-refractivity contribution in [2.24, 2.45) is 0 Å². The van der Waals surface area contributed by atoms with E-state index in [9.17, 15) is 29.4 Å². The van der Waals surface area contributed by atoms with Gasteiger partial charge in [0.1, 0.15) is 48.6 Å². The van der Waals surface area contributed by atoms with Crippen molar-refractivity contribution in [2.45, 2.75) is 67.4 Å². The van der Waals surface area contributed by atoms with Gasteiger partial charge >= 0.3 is 17.8 Å². The number of benzene rings is 8. The molecule has 0 unspecified atom stereocenters. The van der Waals surface area contributed by atoms with Crippen LogP contribution in [0.3, 0.4) is 0 Å². The van der Waals surface area contributed by atoms with Crippen LogP contribution in [0.2, 0.25) is 0 Å². The van der Waals surface area contributed by atoms with Gasteiger partial charge in [-0.2, -0.15) is 4.57 Å². The number of para-hydroxylation sites is 1. The molecular weight excluding hydrogens is 1500 g/mol. The highest BCUT2D eigenvalue weighted by molar-refractivity contribution is 9.10. The first-order valence-corrected chi connectivity index (χ1v) is 39.8. The first-order valence-electron chi connectivity index (χ1n) is 37.1. The smallest absolute Gasteiger partial charge is 0.374 e. The topological polar surface area (TPSA) is 194 Å². The molecule has 0 saturated carbocycles. The van der Waals surface area contributed by atoms with Crippen LogP contribution < -0.4 is 42.9 Å². The molecule has 19 nitrogen and oxygen atoms in total. The second-order valence-corrected chi connectivity index (χ2v) is 29.2. The minimum absolute atomic E-state index is 0.00571. The van der Waals surface area contributed by atoms with Crippen LogP contribution in [0.1, 0.15) is 67.2 Å². The molecule has 4 heterocycles. The molecule has 2 N–H and O–H groups in total. The van der Waals surface area contributed by atoms with Crippen molar-refractivity contribution in [3.8, 4) is 17.2 Å². The Morgan fingerprint density at radius 2 is 1.21 bits per heavy atom. The molecule has 2 aromatic heterocycles. The summed E-state index contributed by atoms with van der Waals surface area (Å²) < 4.78 is 41.9. The number of aryl methyl sites for hydroxylation is 2. The number of carbonyl (C=O) groups is 4. The van der Waals surface area contributed by atoms with Gasteiger partial charge in [0, 0.05) is 93.1 Å². The van der Waals surface area contributed by atoms with Crippen LogP contribution in [0.25, 0.3) is 40.4 Å². The Hall–Kier alpha value is -11.0. The van der Waals surface area contributed by atoms with E-state index in [4.69, 9.17) is 28.1 Å². The summed E-state index contributed by atoms with van der Waals surface area (Å²) in [5, 5.41) is 19.5. The van der Waals surface area contributed by atoms with Gasteiger partial charge in [-0.05, 0) is 129 Å². The number of oxazole rings is 1. The number of Topliss-reactive ketones (excluding diaryl/α,β-unsaturated/α-hetero) is 2. The zero-order valence-electron chi connectivity index (χ0n) is 62.9. The number of methoxy groups -OCH3 is 1. The number of ketones is 2. The minimum atomic E-state index is -0.422. The highest BCUT2D eigenvalue weighted by Crippen LogP contribution is 2.49. The number of esters is 2. The lowest BCUT2D eigenvalue weighted by atomic mass is 9.89. The van der Waals surface area contributed by atoms with Crippen molar-refractivity contribution in [2.75, 3.05) is 90.9 Å². The molecule has 0 amide bonds. The van der Waals surface area contributed by atoms with E-state index in [0.717, 1.165) is 101 Å². The molecule has 4 aliphatic rings. The van der Waals surface area contributed by atoms with Crippen molar-refractivity contribution in [1.29, 1.82) is 0 Å². The lowest BCUT2D eigenvalue weighted by molar-refractivity contribution is -0.679. The molecule has 568 valence electrons. The van der Waals surface area contributed by atoms with Crippen molar-refractivity contribution < 1.29 is 66.6 Å². The number of carbonyl (C=O) groups excluding carboxylic acids is 4. The monoisotopic (exact) mass is 1590 g/mol. The molecule has 0 spiro atoms. The molecule has 0 saturated heterocycles. The van der Waals surface area contributed by atoms with Crippen molar-refractivity contribution in [3.05, 3.63) is 295 Å². The van der Waals surface area contributed by atoms with Gasteiger partial charge in [-0.25, -0.2) is 9.13 Å². The maximum atomic E-state index is 14.5. The number of rotatable bonds is 31. The first kappa shape index (κ1) is 78.2. The maximum absolute atomic E-state index is 14.5. The van der Waals surface area contributed by atoms with Gasteiger partial charge in [-0.3, -0.25) is 19.2 Å². The van der Waals surface area contributed by atoms with Crippen molar-refractivity contribution in [1.82, 2.24) is 4.57 Å². The number of β-amino-alcohol motifs (C(OH)–C–C–N with tert-alkyl or cyclic N) is 1. The van der Waals surface area contributed by atoms with E-state index in [1.54, 1.807) is 32.2 Å². The molecule has 0 bridgehead atoms. The number of aliphatic hydroxyl groups is 2. The molecule has 111 heavy (non-hydrogen) atoms. The minimum Gasteiger partial charge on any atom is -0.497 e. The van der Waals surface area contributed by atoms with E-state index in [1.165, 1.54) is 23.5 Å². The van der Waals surface area contributed by atoms with Crippen LogP contribution in [0.5, 0.6) is 17.2 Å². The van der Waals surface area contributed by atoms with Gasteiger partial charge in [0.25, 0.3) is 11.3 Å². The summed E-state index contributed by atoms with van der Waals surface area (Å²) in [5.74, 6) is 3.85. The third kappa shape index (κ3) is 17.3. The number of ether oxygens (including phenoxy) is 5. The molecule has 0 radical (unpaired) electrons. The number of thioether (sulfide) groups is 2. The fourth-order valence-corrected chi connectivity index (χ4v) is 16.3. The number of aliphatic hydroxyl groups excluding tert-OH is 2. The average molecular weight is 1590 g/mol. The zero-order chi connectivity index (χ0) is 77.7. The second kappa shape index (κ2) is 36.2. The number of halogens is 1. The Bertz CT molecular complexity index is 5340. The maximum Gasteiger partial charge on any atom is 0.374 e. The lowest BCUT2D eigenvalue weighted by Gasteiger charge is -2.28. The van der Waals surface area contributed by atoms with Gasteiger partial charge < -0.3 is 57.9 Å². The number of aromatic nitrogens is 3. The molecule has 2 aliphatic heterocycles. The number of allylic oxidation sites excluding steroid dienone is 6. The molecular formula is C89H88BrN7O12S2+2. The summed E-state index contributed by atoms with van der Waals surface area (Å²) in [6, 6.07) is 61.7. The average Bonchev–Trinajstić information content (AvgIpc) is 1.63. The number of imidazole rings is 1. The summed E-state index contributed by atoms with van der Waals surface area (Å²) in [4.78, 5) is 64.8. The van der Waals surface area contributed by atoms with Crippen molar-refractivity contribution in [3.63, 3.8) is 0 Å². The summed E-state index contributed by atoms with van der Waals surface area (Å²) in [5.41, 5.74) is 14.9. The predicted octanol–water partition coefficient (Wildman–Crippen LogP) is 15.7. The molecule has 0 fully saturated rings. The Balaban J connectivity index is 0.000000195. The van der Waals surface area contributed by atoms with Crippen molar-refractivity contribution >= 4 is 126 Å². The summed E-state index contributed by atoms with van der Waals surface area (Å²) in [6.45, 7) is 19.0. The highest BCUT2D eigenvalue weighted by atomic mass is 79.9. The van der Waals surface area contributed by atoms with E-state index in [-0.39, 0.29) is 55.5 Å². The summed E-state index contributed by atoms with van der Waals surface area (Å²) >= 11 is 6.11. The molecule has 22 heteroatoms. The van der Waals surface area contributed by atoms with Crippen LogP contribution in [0, 0.1) is 6.92 Å². The van der Waals surface area contributed by atoms with Gasteiger partial charge in [0.15, 0.2) is 29.1 Å². The molecule has 2 aliphatic carbocycles. The van der Waals surface area contributed by atoms with Gasteiger partial charge in [-0.1, -0.05) is 138 Å². The van der Waals surface area contributed by atoms with E-state index in [0.29, 0.717) is 108 Å². The van der Waals surface area contributed by atoms with Crippen LogP contribution in [-0.2, 0) is 61.4 Å². The quantitative estimate of drug-likeness (QED) is 0.0137. The predicted molar refractivity (Wildman–Crippen MR) is 443 cm³/mol. The van der Waals surface area contributed by atoms with Gasteiger partial charge in [0.05, 0.1) is 80.4 Å². The number of nitrogens with zero attached hydrogens (tertiary/aromatic N) is 7. The van der Waals surface area contributed by atoms with E-state index < -0.39 is 5.97 Å². The third-order valence-electron chi connectivity index (χ3n) is 19.3. The third-order valence-corrected chi connectivity index (χ3v) is 22.0. The number of anilines is 4. The summed E-state index contributed by atoms with van der Waals surface area (Å²) in [6.07, 6.45) is 9.38. The standard InChI is InChI=1S/C47H49N4O6S.C42H39BrN3O6S/c1-6-32-15-17-33(18-16-32)29-51-40-21-19-35(55-5)25-41(40)49(8-3)44(51)28-38-46(54)37(47(38)58-31-45(53)56-9-4)27-43-48(7-2)42-26-36(20-22-39(42)50(43)23-24-52)57-30-34-13-11-10-12-14-34;1-3-44-36-22-28(2)14-16-34(36)46(26-29-10-6-4-7-11-29)38(44)24-32-41(49)33(42(32)53-27-40(48)51-31-12-8-5-9-13-31)25-39-45(18-20-50-21-19-47)35-17-15-30(43)23-37(35)52-39/h6,10-22,25-28,52H,1,7-9,23-24,29-31H2,2-5H3;4-17,22-25,47H,3,18-21,26-27H2,1-2H3/q2*+1. The van der Waals surface area contributed by atoms with Crippen LogP contribution in [0.15, 0.2) is 259 Å². The molecule has 14 rings (SSSR count). The first-order chi connectivity index (χ1) is 54.1. The number of hydrogen-bond donors (Lipinski definition) is 2. The van der Waals surface area contributed by atoms with E-state index in [1.807, 2.05) is 161 Å². The molecule has 0 atom stereocenters. The lowest BCUT2D eigenvalue weighted by Crippen LogP contribution is -2.38. The zero-order valence-corrected chi connectivity index (χ0v) is 66.1. The van der Waals surface area contributed by atoms with Crippen LogP contribution >= 0.6 is 39.5 Å². The van der Waals surface area contributed by atoms with Crippen LogP contribution in [0.4, 0.5) is 22.7 Å². The Labute approximate surface area is 663 Å². The second-order valence-electron chi connectivity index (χ2n) is 26.3. The Morgan fingerprint density at radius 3 is 1.86 bits per heavy atom. The largest absolute Gasteiger partial charge is 0.497 e. The number of hydrogen-bond acceptors (Lipinski definition) is 18. The molecule has 10 aromatic rings.